The van der Waals surface area contributed by atoms with Gasteiger partial charge in [0.15, 0.2) is 17.5 Å². The molecular weight excluding hydrogens is 476 g/mol. The average molecular weight is 504 g/mol. The van der Waals surface area contributed by atoms with Crippen LogP contribution in [0.4, 0.5) is 26.2 Å². The minimum absolute atomic E-state index is 0.00749. The standard InChI is InChI=1S/C27H27F2N7O/c1-16(18-6-8-21(28)9-7-18)32-26-20(15-31-25(37)11-17-3-2-10-30-14-17)12-22(29)27(34-26)33-24-13-23(35-36-24)19-4-5-19/h2-3,6-10,12-14,16,19H,4-5,11,15H2,1H3,(H,31,37)(H3,32,33,34,35,36). The molecule has 4 N–H and O–H groups in total. The van der Waals surface area contributed by atoms with Gasteiger partial charge < -0.3 is 16.0 Å². The number of aromatic nitrogens is 4. The average Bonchev–Trinajstić information content (AvgIpc) is 3.64. The van der Waals surface area contributed by atoms with Crippen LogP contribution >= 0.6 is 0 Å². The monoisotopic (exact) mass is 503 g/mol. The van der Waals surface area contributed by atoms with Crippen molar-refractivity contribution < 1.29 is 13.6 Å². The maximum Gasteiger partial charge on any atom is 0.224 e. The number of rotatable bonds is 10. The third-order valence-corrected chi connectivity index (χ3v) is 6.20. The van der Waals surface area contributed by atoms with E-state index in [9.17, 15) is 9.18 Å². The first kappa shape index (κ1) is 24.4. The van der Waals surface area contributed by atoms with E-state index in [1.54, 1.807) is 30.6 Å². The number of benzene rings is 1. The highest BCUT2D eigenvalue weighted by Gasteiger charge is 2.26. The van der Waals surface area contributed by atoms with Gasteiger partial charge in [-0.2, -0.15) is 5.10 Å². The third kappa shape index (κ3) is 6.27. The van der Waals surface area contributed by atoms with Crippen LogP contribution in [0.2, 0.25) is 0 Å². The van der Waals surface area contributed by atoms with E-state index in [0.717, 1.165) is 29.7 Å². The summed E-state index contributed by atoms with van der Waals surface area (Å²) in [7, 11) is 0. The molecule has 1 unspecified atom stereocenters. The molecule has 1 aliphatic rings. The molecule has 0 spiro atoms. The van der Waals surface area contributed by atoms with Crippen molar-refractivity contribution in [2.24, 2.45) is 0 Å². The van der Waals surface area contributed by atoms with Crippen LogP contribution in [0, 0.1) is 11.6 Å². The zero-order chi connectivity index (χ0) is 25.8. The molecule has 1 aromatic carbocycles. The molecular formula is C27H27F2N7O. The predicted octanol–water partition coefficient (Wildman–Crippen LogP) is 5.13. The topological polar surface area (TPSA) is 108 Å². The Bertz CT molecular complexity index is 1370. The van der Waals surface area contributed by atoms with Crippen molar-refractivity contribution in [3.05, 3.63) is 94.9 Å². The SMILES string of the molecule is CC(Nc1nc(Nc2cc(C3CC3)[nH]n2)c(F)cc1CNC(=O)Cc1cccnc1)c1ccc(F)cc1. The van der Waals surface area contributed by atoms with Gasteiger partial charge in [0.25, 0.3) is 0 Å². The minimum Gasteiger partial charge on any atom is -0.363 e. The molecule has 0 aliphatic heterocycles. The summed E-state index contributed by atoms with van der Waals surface area (Å²) in [4.78, 5) is 21.0. The molecule has 190 valence electrons. The molecule has 5 rings (SSSR count). The number of hydrogen-bond donors (Lipinski definition) is 4. The summed E-state index contributed by atoms with van der Waals surface area (Å²) in [5.41, 5.74) is 3.09. The molecule has 0 bridgehead atoms. The van der Waals surface area contributed by atoms with Crippen LogP contribution in [-0.4, -0.2) is 26.1 Å². The minimum atomic E-state index is -0.576. The van der Waals surface area contributed by atoms with Crippen molar-refractivity contribution in [1.82, 2.24) is 25.5 Å². The number of pyridine rings is 2. The van der Waals surface area contributed by atoms with Crippen LogP contribution in [0.25, 0.3) is 0 Å². The maximum atomic E-state index is 15.1. The summed E-state index contributed by atoms with van der Waals surface area (Å²) in [6.07, 6.45) is 5.65. The second-order valence-electron chi connectivity index (χ2n) is 9.17. The molecule has 37 heavy (non-hydrogen) atoms. The van der Waals surface area contributed by atoms with Gasteiger partial charge in [-0.15, -0.1) is 0 Å². The van der Waals surface area contributed by atoms with Gasteiger partial charge >= 0.3 is 0 Å². The van der Waals surface area contributed by atoms with Crippen molar-refractivity contribution in [1.29, 1.82) is 0 Å². The van der Waals surface area contributed by atoms with E-state index in [1.807, 2.05) is 19.1 Å². The van der Waals surface area contributed by atoms with Crippen LogP contribution in [-0.2, 0) is 17.8 Å². The zero-order valence-corrected chi connectivity index (χ0v) is 20.3. The fourth-order valence-electron chi connectivity index (χ4n) is 3.98. The van der Waals surface area contributed by atoms with Crippen LogP contribution in [0.5, 0.6) is 0 Å². The van der Waals surface area contributed by atoms with Crippen molar-refractivity contribution in [3.63, 3.8) is 0 Å². The molecule has 1 aliphatic carbocycles. The van der Waals surface area contributed by atoms with E-state index in [2.05, 4.69) is 36.1 Å². The summed E-state index contributed by atoms with van der Waals surface area (Å²) in [5, 5.41) is 16.3. The fraction of sp³-hybridized carbons (Fsp3) is 0.259. The van der Waals surface area contributed by atoms with Crippen molar-refractivity contribution >= 4 is 23.4 Å². The maximum absolute atomic E-state index is 15.1. The number of carbonyl (C=O) groups is 1. The molecule has 1 atom stereocenters. The summed E-state index contributed by atoms with van der Waals surface area (Å²) >= 11 is 0. The number of amides is 1. The predicted molar refractivity (Wildman–Crippen MR) is 136 cm³/mol. The second kappa shape index (κ2) is 10.7. The Morgan fingerprint density at radius 2 is 1.95 bits per heavy atom. The molecule has 0 saturated heterocycles. The Morgan fingerprint density at radius 3 is 2.68 bits per heavy atom. The Hall–Kier alpha value is -4.34. The number of nitrogens with zero attached hydrogens (tertiary/aromatic N) is 3. The van der Waals surface area contributed by atoms with Crippen LogP contribution in [0.1, 0.15) is 54.1 Å². The van der Waals surface area contributed by atoms with Crippen LogP contribution < -0.4 is 16.0 Å². The smallest absolute Gasteiger partial charge is 0.224 e. The molecule has 4 aromatic rings. The second-order valence-corrected chi connectivity index (χ2v) is 9.17. The normalized spacial score (nSPS) is 13.7. The summed E-state index contributed by atoms with van der Waals surface area (Å²) in [6.45, 7) is 1.96. The lowest BCUT2D eigenvalue weighted by Crippen LogP contribution is -2.25. The Morgan fingerprint density at radius 1 is 1.14 bits per heavy atom. The van der Waals surface area contributed by atoms with Gasteiger partial charge in [-0.05, 0) is 55.2 Å². The number of nitrogens with one attached hydrogen (secondary N) is 4. The van der Waals surface area contributed by atoms with Gasteiger partial charge in [0, 0.05) is 48.2 Å². The molecule has 3 heterocycles. The Labute approximate surface area is 212 Å². The number of halogens is 2. The molecule has 10 heteroatoms. The van der Waals surface area contributed by atoms with Gasteiger partial charge in [0.05, 0.1) is 6.42 Å². The van der Waals surface area contributed by atoms with E-state index in [-0.39, 0.29) is 36.5 Å². The summed E-state index contributed by atoms with van der Waals surface area (Å²) < 4.78 is 28.5. The summed E-state index contributed by atoms with van der Waals surface area (Å²) in [5.74, 6) is 0.220. The third-order valence-electron chi connectivity index (χ3n) is 6.20. The quantitative estimate of drug-likeness (QED) is 0.239. The van der Waals surface area contributed by atoms with Gasteiger partial charge in [-0.1, -0.05) is 18.2 Å². The van der Waals surface area contributed by atoms with Crippen molar-refractivity contribution in [2.45, 2.75) is 44.7 Å². The van der Waals surface area contributed by atoms with Crippen LogP contribution in [0.15, 0.2) is 60.9 Å². The number of anilines is 3. The molecule has 1 fully saturated rings. The number of hydrogen-bond acceptors (Lipinski definition) is 6. The number of aromatic amines is 1. The lowest BCUT2D eigenvalue weighted by molar-refractivity contribution is -0.120. The first-order chi connectivity index (χ1) is 17.9. The first-order valence-electron chi connectivity index (χ1n) is 12.1. The largest absolute Gasteiger partial charge is 0.363 e. The van der Waals surface area contributed by atoms with Crippen molar-refractivity contribution in [2.75, 3.05) is 10.6 Å². The first-order valence-corrected chi connectivity index (χ1v) is 12.1. The highest BCUT2D eigenvalue weighted by Crippen LogP contribution is 2.39. The lowest BCUT2D eigenvalue weighted by Gasteiger charge is -2.19. The van der Waals surface area contributed by atoms with E-state index in [0.29, 0.717) is 23.1 Å². The van der Waals surface area contributed by atoms with E-state index < -0.39 is 5.82 Å². The fourth-order valence-corrected chi connectivity index (χ4v) is 3.98. The molecule has 1 saturated carbocycles. The lowest BCUT2D eigenvalue weighted by atomic mass is 10.1. The molecule has 3 aromatic heterocycles. The van der Waals surface area contributed by atoms with E-state index in [4.69, 9.17) is 0 Å². The molecule has 1 amide bonds. The van der Waals surface area contributed by atoms with Gasteiger partial charge in [0.2, 0.25) is 5.91 Å². The Balaban J connectivity index is 1.36. The van der Waals surface area contributed by atoms with Gasteiger partial charge in [-0.25, -0.2) is 13.8 Å². The van der Waals surface area contributed by atoms with Gasteiger partial charge in [-0.3, -0.25) is 14.9 Å². The highest BCUT2D eigenvalue weighted by molar-refractivity contribution is 5.78. The molecule has 0 radical (unpaired) electrons. The van der Waals surface area contributed by atoms with Gasteiger partial charge in [0.1, 0.15) is 11.6 Å². The number of carbonyl (C=O) groups excluding carboxylic acids is 1. The van der Waals surface area contributed by atoms with Crippen LogP contribution in [0.3, 0.4) is 0 Å². The summed E-state index contributed by atoms with van der Waals surface area (Å²) in [6, 6.07) is 12.6. The van der Waals surface area contributed by atoms with E-state index in [1.165, 1.54) is 18.2 Å². The highest BCUT2D eigenvalue weighted by atomic mass is 19.1. The number of H-pyrrole nitrogens is 1. The van der Waals surface area contributed by atoms with E-state index >= 15 is 4.39 Å². The Kier molecular flexibility index (Phi) is 7.07. The van der Waals surface area contributed by atoms with Crippen molar-refractivity contribution in [3.8, 4) is 0 Å². The zero-order valence-electron chi connectivity index (χ0n) is 20.3. The molecule has 8 nitrogen and oxygen atoms in total.